The molecule has 17 heteroatoms. The Morgan fingerprint density at radius 1 is 0.784 bits per heavy atom. The van der Waals surface area contributed by atoms with Gasteiger partial charge in [-0.15, -0.1) is 0 Å². The van der Waals surface area contributed by atoms with Crippen LogP contribution in [-0.4, -0.2) is 80.6 Å². The first kappa shape index (κ1) is 41.6. The van der Waals surface area contributed by atoms with Crippen molar-refractivity contribution in [2.75, 3.05) is 0 Å². The summed E-state index contributed by atoms with van der Waals surface area (Å²) >= 11 is 0. The molecule has 0 heterocycles. The Bertz CT molecular complexity index is 1410. The predicted octanol–water partition coefficient (Wildman–Crippen LogP) is 8.56. The van der Waals surface area contributed by atoms with Crippen molar-refractivity contribution in [3.05, 3.63) is 47.6 Å². The monoisotopic (exact) mass is 760 g/mol. The topological polar surface area (TPSA) is 80.9 Å². The Balaban J connectivity index is 1.51. The number of allylic oxidation sites excluding steroid dienone is 4. The zero-order valence-corrected chi connectivity index (χ0v) is 27.6. The third kappa shape index (κ3) is 6.57. The molecule has 4 aliphatic carbocycles. The van der Waals surface area contributed by atoms with E-state index in [9.17, 15) is 77.5 Å². The molecule has 0 aromatic carbocycles. The van der Waals surface area contributed by atoms with Crippen LogP contribution in [0, 0.1) is 28.6 Å². The van der Waals surface area contributed by atoms with E-state index in [1.54, 1.807) is 6.92 Å². The quantitative estimate of drug-likeness (QED) is 0.126. The van der Waals surface area contributed by atoms with Crippen molar-refractivity contribution in [3.63, 3.8) is 0 Å². The van der Waals surface area contributed by atoms with Crippen molar-refractivity contribution in [2.45, 2.75) is 132 Å². The van der Waals surface area contributed by atoms with Crippen LogP contribution in [0.25, 0.3) is 0 Å². The fraction of sp³-hybridized carbons (Fsp3) is 0.765. The summed E-state index contributed by atoms with van der Waals surface area (Å²) in [6, 6.07) is 0. The number of aliphatic hydroxyl groups is 4. The van der Waals surface area contributed by atoms with E-state index in [0.29, 0.717) is 18.4 Å². The fourth-order valence-corrected chi connectivity index (χ4v) is 8.40. The van der Waals surface area contributed by atoms with Crippen molar-refractivity contribution < 1.29 is 77.5 Å². The molecule has 0 spiro atoms. The molecule has 292 valence electrons. The highest BCUT2D eigenvalue weighted by Crippen LogP contribution is 2.65. The van der Waals surface area contributed by atoms with Gasteiger partial charge in [-0.3, -0.25) is 0 Å². The predicted molar refractivity (Wildman–Crippen MR) is 158 cm³/mol. The van der Waals surface area contributed by atoms with Gasteiger partial charge in [-0.25, -0.2) is 0 Å². The summed E-state index contributed by atoms with van der Waals surface area (Å²) in [5.74, 6) is -38.8. The molecule has 4 aliphatic rings. The van der Waals surface area contributed by atoms with Gasteiger partial charge in [0.15, 0.2) is 0 Å². The molecule has 3 unspecified atom stereocenters. The first-order valence-corrected chi connectivity index (χ1v) is 16.5. The minimum Gasteiger partial charge on any atom is -0.393 e. The van der Waals surface area contributed by atoms with E-state index in [4.69, 9.17) is 0 Å². The number of halogens is 13. The lowest BCUT2D eigenvalue weighted by atomic mass is 9.61. The number of fused-ring (bicyclic) bond motifs is 1. The average molecular weight is 761 g/mol. The van der Waals surface area contributed by atoms with Gasteiger partial charge >= 0.3 is 35.8 Å². The van der Waals surface area contributed by atoms with Crippen molar-refractivity contribution in [3.8, 4) is 0 Å². The molecule has 0 amide bonds. The third-order valence-electron chi connectivity index (χ3n) is 11.8. The molecule has 8 atom stereocenters. The first-order chi connectivity index (χ1) is 23.0. The van der Waals surface area contributed by atoms with Crippen molar-refractivity contribution in [1.82, 2.24) is 0 Å². The first-order valence-electron chi connectivity index (χ1n) is 16.5. The Morgan fingerprint density at radius 2 is 1.35 bits per heavy atom. The van der Waals surface area contributed by atoms with Crippen molar-refractivity contribution in [1.29, 1.82) is 0 Å². The van der Waals surface area contributed by atoms with E-state index in [1.807, 2.05) is 12.2 Å². The fourth-order valence-electron chi connectivity index (χ4n) is 8.40. The molecule has 51 heavy (non-hydrogen) atoms. The Kier molecular flexibility index (Phi) is 10.9. The molecule has 0 bridgehead atoms. The third-order valence-corrected chi connectivity index (χ3v) is 11.8. The Hall–Kier alpha value is -2.11. The SMILES string of the molecule is C=C1C(=CC=C2CCC[C@]3(C)[C@@H]([C@H](C)C=C[C@@H](O)C4(C(O)C(F)(F)C(F)(F)C(F)(F)C(F)(F)C(F)(F)C(F)(F)F)CC4)CC[C@@H]23)CC(O)CC1O. The van der Waals surface area contributed by atoms with Crippen LogP contribution in [0.2, 0.25) is 0 Å². The van der Waals surface area contributed by atoms with E-state index in [2.05, 4.69) is 13.5 Å². The number of hydrogen-bond donors (Lipinski definition) is 4. The maximum Gasteiger partial charge on any atom is 0.460 e. The second-order valence-electron chi connectivity index (χ2n) is 14.9. The van der Waals surface area contributed by atoms with Crippen LogP contribution in [0.1, 0.15) is 71.6 Å². The second kappa shape index (κ2) is 13.3. The smallest absolute Gasteiger partial charge is 0.393 e. The highest BCUT2D eigenvalue weighted by molar-refractivity contribution is 5.38. The molecule has 4 saturated carbocycles. The van der Waals surface area contributed by atoms with E-state index in [0.717, 1.165) is 42.9 Å². The second-order valence-corrected chi connectivity index (χ2v) is 14.9. The Morgan fingerprint density at radius 3 is 1.90 bits per heavy atom. The molecular weight excluding hydrogens is 719 g/mol. The number of rotatable bonds is 11. The van der Waals surface area contributed by atoms with Crippen LogP contribution >= 0.6 is 0 Å². The maximum atomic E-state index is 14.8. The maximum absolute atomic E-state index is 14.8. The van der Waals surface area contributed by atoms with Crippen LogP contribution < -0.4 is 0 Å². The molecule has 4 nitrogen and oxygen atoms in total. The molecule has 0 aliphatic heterocycles. The number of hydrogen-bond acceptors (Lipinski definition) is 4. The number of alkyl halides is 13. The van der Waals surface area contributed by atoms with E-state index in [1.165, 1.54) is 6.08 Å². The van der Waals surface area contributed by atoms with Crippen LogP contribution in [0.5, 0.6) is 0 Å². The van der Waals surface area contributed by atoms with Gasteiger partial charge in [0.25, 0.3) is 0 Å². The van der Waals surface area contributed by atoms with Gasteiger partial charge < -0.3 is 20.4 Å². The molecule has 0 aromatic heterocycles. The van der Waals surface area contributed by atoms with Crippen molar-refractivity contribution >= 4 is 0 Å². The highest BCUT2D eigenvalue weighted by atomic mass is 19.4. The van der Waals surface area contributed by atoms with E-state index < -0.39 is 84.4 Å². The van der Waals surface area contributed by atoms with E-state index >= 15 is 0 Å². The van der Waals surface area contributed by atoms with Gasteiger partial charge in [0.2, 0.25) is 0 Å². The number of aliphatic hydroxyl groups excluding tert-OH is 4. The summed E-state index contributed by atoms with van der Waals surface area (Å²) in [7, 11) is 0. The zero-order chi connectivity index (χ0) is 39.0. The summed E-state index contributed by atoms with van der Waals surface area (Å²) in [6.45, 7) is 7.68. The van der Waals surface area contributed by atoms with Gasteiger partial charge in [0.1, 0.15) is 6.10 Å². The summed E-state index contributed by atoms with van der Waals surface area (Å²) < 4.78 is 178. The minimum absolute atomic E-state index is 0.0855. The summed E-state index contributed by atoms with van der Waals surface area (Å²) in [5.41, 5.74) is -0.692. The van der Waals surface area contributed by atoms with Crippen LogP contribution in [0.15, 0.2) is 47.6 Å². The lowest BCUT2D eigenvalue weighted by molar-refractivity contribution is -0.446. The zero-order valence-electron chi connectivity index (χ0n) is 27.6. The summed E-state index contributed by atoms with van der Waals surface area (Å²) in [5, 5.41) is 41.2. The molecule has 4 fully saturated rings. The van der Waals surface area contributed by atoms with Crippen LogP contribution in [0.3, 0.4) is 0 Å². The standard InChI is InChI=1S/C34H41F13O4/c1-17(22-9-10-23-19(5-4-12-27(22,23)3)7-8-20-15-21(48)16-24(49)18(20)2)6-11-25(50)28(13-14-28)26(51)29(35,36)30(37,38)31(39,40)32(41,42)33(43,44)34(45,46)47/h6-8,11,17,21-26,48-51H,2,4-5,9-10,12-16H2,1,3H3/t17-,21?,22-,23+,24?,25-,26?,27-/m1/s1. The lowest BCUT2D eigenvalue weighted by Crippen LogP contribution is -2.72. The molecule has 4 N–H and O–H groups in total. The normalized spacial score (nSPS) is 33.1. The largest absolute Gasteiger partial charge is 0.460 e. The lowest BCUT2D eigenvalue weighted by Gasteiger charge is -2.44. The summed E-state index contributed by atoms with van der Waals surface area (Å²) in [6.07, 6.45) is -6.63. The van der Waals surface area contributed by atoms with Gasteiger partial charge in [0.05, 0.1) is 18.3 Å². The molecular formula is C34H41F13O4. The summed E-state index contributed by atoms with van der Waals surface area (Å²) in [4.78, 5) is 0. The van der Waals surface area contributed by atoms with Crippen molar-refractivity contribution in [2.24, 2.45) is 28.6 Å². The van der Waals surface area contributed by atoms with Gasteiger partial charge in [-0.2, -0.15) is 57.1 Å². The molecule has 0 radical (unpaired) electrons. The van der Waals surface area contributed by atoms with Gasteiger partial charge in [0, 0.05) is 11.8 Å². The van der Waals surface area contributed by atoms with Crippen LogP contribution in [0.4, 0.5) is 57.1 Å². The highest BCUT2D eigenvalue weighted by Gasteiger charge is 2.92. The average Bonchev–Trinajstić information content (AvgIpc) is 3.75. The minimum atomic E-state index is -8.08. The van der Waals surface area contributed by atoms with Crippen LogP contribution in [-0.2, 0) is 0 Å². The molecule has 4 rings (SSSR count). The van der Waals surface area contributed by atoms with Gasteiger partial charge in [-0.05, 0) is 85.7 Å². The Labute approximate surface area is 285 Å². The van der Waals surface area contributed by atoms with Gasteiger partial charge in [-0.1, -0.05) is 50.3 Å². The molecule has 0 aromatic rings. The molecule has 0 saturated heterocycles. The van der Waals surface area contributed by atoms with E-state index in [-0.39, 0.29) is 23.7 Å².